The highest BCUT2D eigenvalue weighted by molar-refractivity contribution is 7.89. The lowest BCUT2D eigenvalue weighted by Crippen LogP contribution is -2.37. The summed E-state index contributed by atoms with van der Waals surface area (Å²) >= 11 is 0. The summed E-state index contributed by atoms with van der Waals surface area (Å²) in [6.07, 6.45) is 0.732. The van der Waals surface area contributed by atoms with E-state index in [9.17, 15) is 8.42 Å². The summed E-state index contributed by atoms with van der Waals surface area (Å²) in [5.74, 6) is 5.60. The Bertz CT molecular complexity index is 608. The van der Waals surface area contributed by atoms with Crippen molar-refractivity contribution in [3.8, 4) is 11.8 Å². The minimum Gasteiger partial charge on any atom is -0.380 e. The summed E-state index contributed by atoms with van der Waals surface area (Å²) in [6.45, 7) is 1.35. The predicted octanol–water partition coefficient (Wildman–Crippen LogP) is 0.406. The van der Waals surface area contributed by atoms with Gasteiger partial charge in [0, 0.05) is 19.2 Å². The van der Waals surface area contributed by atoms with E-state index in [-0.39, 0.29) is 17.5 Å². The van der Waals surface area contributed by atoms with E-state index < -0.39 is 10.0 Å². The zero-order valence-electron chi connectivity index (χ0n) is 11.4. The summed E-state index contributed by atoms with van der Waals surface area (Å²) in [6, 6.07) is 6.43. The van der Waals surface area contributed by atoms with Crippen LogP contribution in [0.5, 0.6) is 0 Å². The van der Waals surface area contributed by atoms with Crippen LogP contribution in [0.3, 0.4) is 0 Å². The number of hydrogen-bond acceptors (Lipinski definition) is 4. The number of benzene rings is 1. The largest absolute Gasteiger partial charge is 0.380 e. The predicted molar refractivity (Wildman–Crippen MR) is 76.5 cm³/mol. The van der Waals surface area contributed by atoms with Crippen LogP contribution in [0.1, 0.15) is 12.0 Å². The first-order valence-corrected chi connectivity index (χ1v) is 7.84. The first-order valence-electron chi connectivity index (χ1n) is 6.40. The van der Waals surface area contributed by atoms with Crippen LogP contribution in [-0.2, 0) is 14.8 Å². The average molecular weight is 294 g/mol. The van der Waals surface area contributed by atoms with Crippen molar-refractivity contribution in [2.45, 2.75) is 17.4 Å². The third-order valence-electron chi connectivity index (χ3n) is 3.29. The summed E-state index contributed by atoms with van der Waals surface area (Å²) < 4.78 is 31.5. The van der Waals surface area contributed by atoms with Gasteiger partial charge in [-0.1, -0.05) is 11.8 Å². The molecule has 1 saturated heterocycles. The molecule has 1 aliphatic rings. The lowest BCUT2D eigenvalue weighted by molar-refractivity contribution is 0.181. The van der Waals surface area contributed by atoms with E-state index in [1.165, 1.54) is 4.31 Å². The first-order chi connectivity index (χ1) is 9.55. The number of hydrogen-bond donors (Lipinski definition) is 1. The van der Waals surface area contributed by atoms with E-state index in [1.54, 1.807) is 31.3 Å². The van der Waals surface area contributed by atoms with Crippen LogP contribution < -0.4 is 5.73 Å². The van der Waals surface area contributed by atoms with Gasteiger partial charge in [0.2, 0.25) is 10.0 Å². The Labute approximate surface area is 119 Å². The highest BCUT2D eigenvalue weighted by Crippen LogP contribution is 2.21. The van der Waals surface area contributed by atoms with Gasteiger partial charge in [-0.25, -0.2) is 8.42 Å². The molecule has 2 N–H and O–H groups in total. The van der Waals surface area contributed by atoms with Gasteiger partial charge in [-0.2, -0.15) is 4.31 Å². The molecule has 6 heteroatoms. The van der Waals surface area contributed by atoms with E-state index >= 15 is 0 Å². The molecule has 1 heterocycles. The fraction of sp³-hybridized carbons (Fsp3) is 0.429. The number of ether oxygens (including phenoxy) is 1. The van der Waals surface area contributed by atoms with Gasteiger partial charge in [-0.15, -0.1) is 0 Å². The molecule has 0 aromatic heterocycles. The van der Waals surface area contributed by atoms with E-state index in [0.29, 0.717) is 13.2 Å². The molecule has 1 aromatic rings. The number of nitrogens with two attached hydrogens (primary N) is 1. The molecule has 2 rings (SSSR count). The van der Waals surface area contributed by atoms with Crippen LogP contribution in [0.4, 0.5) is 0 Å². The third-order valence-corrected chi connectivity index (χ3v) is 5.21. The van der Waals surface area contributed by atoms with Gasteiger partial charge >= 0.3 is 0 Å². The Morgan fingerprint density at radius 3 is 2.65 bits per heavy atom. The van der Waals surface area contributed by atoms with E-state index in [4.69, 9.17) is 10.5 Å². The third kappa shape index (κ3) is 3.19. The average Bonchev–Trinajstić information content (AvgIpc) is 2.98. The van der Waals surface area contributed by atoms with Crippen molar-refractivity contribution >= 4 is 10.0 Å². The molecule has 1 aliphatic heterocycles. The van der Waals surface area contributed by atoms with Gasteiger partial charge in [0.1, 0.15) is 0 Å². The minimum atomic E-state index is -3.48. The molecule has 20 heavy (non-hydrogen) atoms. The molecule has 1 atom stereocenters. The second-order valence-corrected chi connectivity index (χ2v) is 6.57. The van der Waals surface area contributed by atoms with Crippen molar-refractivity contribution in [1.82, 2.24) is 4.31 Å². The van der Waals surface area contributed by atoms with Crippen LogP contribution in [0.2, 0.25) is 0 Å². The highest BCUT2D eigenvalue weighted by atomic mass is 32.2. The van der Waals surface area contributed by atoms with Crippen LogP contribution in [-0.4, -0.2) is 45.6 Å². The van der Waals surface area contributed by atoms with Gasteiger partial charge in [0.15, 0.2) is 0 Å². The lowest BCUT2D eigenvalue weighted by Gasteiger charge is -2.22. The molecular formula is C14H18N2O3S. The van der Waals surface area contributed by atoms with Crippen molar-refractivity contribution in [2.24, 2.45) is 5.73 Å². The highest BCUT2D eigenvalue weighted by Gasteiger charge is 2.30. The lowest BCUT2D eigenvalue weighted by atomic mass is 10.2. The molecule has 0 amide bonds. The number of rotatable bonds is 3. The fourth-order valence-electron chi connectivity index (χ4n) is 2.03. The minimum absolute atomic E-state index is 0.0864. The van der Waals surface area contributed by atoms with E-state index in [2.05, 4.69) is 11.8 Å². The normalized spacial score (nSPS) is 18.9. The van der Waals surface area contributed by atoms with Gasteiger partial charge in [0.25, 0.3) is 0 Å². The van der Waals surface area contributed by atoms with Crippen molar-refractivity contribution in [3.63, 3.8) is 0 Å². The number of sulfonamides is 1. The summed E-state index contributed by atoms with van der Waals surface area (Å²) in [4.78, 5) is 0.269. The maximum Gasteiger partial charge on any atom is 0.243 e. The standard InChI is InChI=1S/C14H18N2O3S/c1-16(13-8-10-19-11-13)20(17,18)14-6-4-12(5-7-14)3-2-9-15/h4-7,13H,8-11,15H2,1H3. The number of nitrogens with zero attached hydrogens (tertiary/aromatic N) is 1. The Hall–Kier alpha value is -1.39. The van der Waals surface area contributed by atoms with Gasteiger partial charge in [-0.05, 0) is 30.7 Å². The van der Waals surface area contributed by atoms with Crippen molar-refractivity contribution in [1.29, 1.82) is 0 Å². The molecule has 1 unspecified atom stereocenters. The Kier molecular flexibility index (Phi) is 4.78. The Morgan fingerprint density at radius 1 is 1.40 bits per heavy atom. The zero-order valence-corrected chi connectivity index (χ0v) is 12.2. The quantitative estimate of drug-likeness (QED) is 0.819. The topological polar surface area (TPSA) is 72.6 Å². The molecule has 108 valence electrons. The smallest absolute Gasteiger partial charge is 0.243 e. The maximum atomic E-state index is 12.5. The molecule has 0 aliphatic carbocycles. The molecule has 0 bridgehead atoms. The Balaban J connectivity index is 2.20. The SMILES string of the molecule is CN(C1CCOC1)S(=O)(=O)c1ccc(C#CCN)cc1. The second kappa shape index (κ2) is 6.37. The molecule has 5 nitrogen and oxygen atoms in total. The molecule has 1 aromatic carbocycles. The summed E-state index contributed by atoms with van der Waals surface area (Å²) in [5.41, 5.74) is 6.05. The summed E-state index contributed by atoms with van der Waals surface area (Å²) in [5, 5.41) is 0. The molecule has 0 radical (unpaired) electrons. The van der Waals surface area contributed by atoms with Crippen LogP contribution in [0.15, 0.2) is 29.2 Å². The van der Waals surface area contributed by atoms with Gasteiger partial charge in [-0.3, -0.25) is 0 Å². The molecule has 0 saturated carbocycles. The van der Waals surface area contributed by atoms with Crippen LogP contribution >= 0.6 is 0 Å². The monoisotopic (exact) mass is 294 g/mol. The second-order valence-electron chi connectivity index (χ2n) is 4.57. The molecule has 0 spiro atoms. The molecule has 1 fully saturated rings. The summed E-state index contributed by atoms with van der Waals surface area (Å²) in [7, 11) is -1.89. The maximum absolute atomic E-state index is 12.5. The first kappa shape index (κ1) is 15.0. The molecular weight excluding hydrogens is 276 g/mol. The number of likely N-dealkylation sites (N-methyl/N-ethyl adjacent to an activating group) is 1. The fourth-order valence-corrected chi connectivity index (χ4v) is 3.41. The van der Waals surface area contributed by atoms with Gasteiger partial charge < -0.3 is 10.5 Å². The van der Waals surface area contributed by atoms with Crippen LogP contribution in [0.25, 0.3) is 0 Å². The van der Waals surface area contributed by atoms with E-state index in [0.717, 1.165) is 12.0 Å². The van der Waals surface area contributed by atoms with Gasteiger partial charge in [0.05, 0.1) is 24.1 Å². The van der Waals surface area contributed by atoms with Crippen molar-refractivity contribution in [2.75, 3.05) is 26.8 Å². The van der Waals surface area contributed by atoms with Crippen molar-refractivity contribution < 1.29 is 13.2 Å². The zero-order chi connectivity index (χ0) is 14.6. The van der Waals surface area contributed by atoms with Crippen LogP contribution in [0, 0.1) is 11.8 Å². The Morgan fingerprint density at radius 2 is 2.10 bits per heavy atom. The van der Waals surface area contributed by atoms with Crippen molar-refractivity contribution in [3.05, 3.63) is 29.8 Å². The van der Waals surface area contributed by atoms with E-state index in [1.807, 2.05) is 0 Å².